The molecule has 1 atom stereocenters. The number of alkyl carbamates (subject to hydrolysis) is 1. The fraction of sp³-hybridized carbons (Fsp3) is 0.800. The molecule has 0 bridgehead atoms. The zero-order valence-corrected chi connectivity index (χ0v) is 14.2. The van der Waals surface area contributed by atoms with Crippen LogP contribution in [-0.4, -0.2) is 53.0 Å². The highest BCUT2D eigenvalue weighted by molar-refractivity contribution is 5.80. The molecule has 1 unspecified atom stereocenters. The first-order valence-corrected chi connectivity index (χ1v) is 7.64. The SMILES string of the molecule is CC(=O)O.CC(C)(C)OC(=O)NC(CC1CCNCC1)C(=O)O. The van der Waals surface area contributed by atoms with Gasteiger partial charge >= 0.3 is 12.1 Å². The summed E-state index contributed by atoms with van der Waals surface area (Å²) in [6.07, 6.45) is 1.67. The summed E-state index contributed by atoms with van der Waals surface area (Å²) in [4.78, 5) is 31.8. The number of hydrogen-bond acceptors (Lipinski definition) is 5. The van der Waals surface area contributed by atoms with E-state index in [1.165, 1.54) is 0 Å². The smallest absolute Gasteiger partial charge is 0.408 e. The molecule has 0 aromatic carbocycles. The predicted octanol–water partition coefficient (Wildman–Crippen LogP) is 1.44. The van der Waals surface area contributed by atoms with Crippen molar-refractivity contribution >= 4 is 18.0 Å². The molecule has 0 aromatic rings. The minimum Gasteiger partial charge on any atom is -0.481 e. The third-order valence-electron chi connectivity index (χ3n) is 3.02. The van der Waals surface area contributed by atoms with E-state index in [-0.39, 0.29) is 0 Å². The monoisotopic (exact) mass is 332 g/mol. The molecular weight excluding hydrogens is 304 g/mol. The number of piperidine rings is 1. The quantitative estimate of drug-likeness (QED) is 0.614. The Balaban J connectivity index is 0.00000108. The lowest BCUT2D eigenvalue weighted by molar-refractivity contribution is -0.140. The Morgan fingerprint density at radius 3 is 2.09 bits per heavy atom. The van der Waals surface area contributed by atoms with Crippen LogP contribution >= 0.6 is 0 Å². The van der Waals surface area contributed by atoms with Gasteiger partial charge in [-0.3, -0.25) is 4.79 Å². The second kappa shape index (κ2) is 10.0. The van der Waals surface area contributed by atoms with Crippen molar-refractivity contribution in [1.29, 1.82) is 0 Å². The molecule has 8 heteroatoms. The Labute approximate surface area is 136 Å². The molecule has 23 heavy (non-hydrogen) atoms. The van der Waals surface area contributed by atoms with Crippen LogP contribution in [0.1, 0.15) is 47.0 Å². The van der Waals surface area contributed by atoms with Gasteiger partial charge in [0, 0.05) is 6.92 Å². The van der Waals surface area contributed by atoms with Crippen LogP contribution in [0, 0.1) is 5.92 Å². The number of amides is 1. The fourth-order valence-electron chi connectivity index (χ4n) is 2.12. The second-order valence-electron chi connectivity index (χ2n) is 6.49. The Hall–Kier alpha value is -1.83. The lowest BCUT2D eigenvalue weighted by Gasteiger charge is -2.26. The number of rotatable bonds is 4. The molecule has 1 fully saturated rings. The van der Waals surface area contributed by atoms with Gasteiger partial charge in [0.2, 0.25) is 0 Å². The van der Waals surface area contributed by atoms with Crippen LogP contribution in [0.25, 0.3) is 0 Å². The summed E-state index contributed by atoms with van der Waals surface area (Å²) in [6, 6.07) is -0.877. The molecule has 0 spiro atoms. The van der Waals surface area contributed by atoms with Crippen LogP contribution in [0.5, 0.6) is 0 Å². The summed E-state index contributed by atoms with van der Waals surface area (Å²) in [5, 5.41) is 22.3. The fourth-order valence-corrected chi connectivity index (χ4v) is 2.12. The first-order valence-electron chi connectivity index (χ1n) is 7.64. The van der Waals surface area contributed by atoms with Crippen molar-refractivity contribution in [1.82, 2.24) is 10.6 Å². The predicted molar refractivity (Wildman–Crippen MR) is 84.3 cm³/mol. The number of carboxylic acids is 2. The number of carboxylic acid groups (broad SMARTS) is 2. The molecule has 134 valence electrons. The molecule has 4 N–H and O–H groups in total. The zero-order chi connectivity index (χ0) is 18.0. The Morgan fingerprint density at radius 2 is 1.70 bits per heavy atom. The first-order chi connectivity index (χ1) is 10.5. The van der Waals surface area contributed by atoms with Gasteiger partial charge in [-0.2, -0.15) is 0 Å². The number of hydrogen-bond donors (Lipinski definition) is 4. The molecule has 1 rings (SSSR count). The van der Waals surface area contributed by atoms with Gasteiger partial charge in [-0.1, -0.05) is 0 Å². The Morgan fingerprint density at radius 1 is 1.22 bits per heavy atom. The maximum atomic E-state index is 11.6. The van der Waals surface area contributed by atoms with E-state index < -0.39 is 29.7 Å². The molecule has 0 aromatic heterocycles. The highest BCUT2D eigenvalue weighted by Crippen LogP contribution is 2.18. The van der Waals surface area contributed by atoms with E-state index in [1.807, 2.05) is 0 Å². The van der Waals surface area contributed by atoms with Gasteiger partial charge in [-0.15, -0.1) is 0 Å². The summed E-state index contributed by atoms with van der Waals surface area (Å²) in [6.45, 7) is 8.13. The minimum atomic E-state index is -1.01. The van der Waals surface area contributed by atoms with Crippen molar-refractivity contribution in [3.8, 4) is 0 Å². The van der Waals surface area contributed by atoms with E-state index >= 15 is 0 Å². The molecule has 0 aliphatic carbocycles. The molecule has 8 nitrogen and oxygen atoms in total. The molecular formula is C15H28N2O6. The molecule has 1 aliphatic heterocycles. The minimum absolute atomic E-state index is 0.331. The highest BCUT2D eigenvalue weighted by Gasteiger charge is 2.27. The highest BCUT2D eigenvalue weighted by atomic mass is 16.6. The number of carbonyl (C=O) groups is 3. The normalized spacial score (nSPS) is 16.5. The van der Waals surface area contributed by atoms with Gasteiger partial charge in [0.25, 0.3) is 5.97 Å². The van der Waals surface area contributed by atoms with Crippen molar-refractivity contribution in [2.75, 3.05) is 13.1 Å². The zero-order valence-electron chi connectivity index (χ0n) is 14.2. The number of carbonyl (C=O) groups excluding carboxylic acids is 1. The van der Waals surface area contributed by atoms with E-state index in [0.717, 1.165) is 32.9 Å². The topological polar surface area (TPSA) is 125 Å². The van der Waals surface area contributed by atoms with Gasteiger partial charge in [-0.25, -0.2) is 9.59 Å². The van der Waals surface area contributed by atoms with Gasteiger partial charge in [-0.05, 0) is 59.0 Å². The maximum absolute atomic E-state index is 11.6. The lowest BCUT2D eigenvalue weighted by atomic mass is 9.91. The van der Waals surface area contributed by atoms with Crippen LogP contribution < -0.4 is 10.6 Å². The molecule has 1 amide bonds. The summed E-state index contributed by atoms with van der Waals surface area (Å²) in [5.74, 6) is -1.51. The van der Waals surface area contributed by atoms with Crippen LogP contribution in [0.15, 0.2) is 0 Å². The first kappa shape index (κ1) is 21.2. The molecule has 1 heterocycles. The van der Waals surface area contributed by atoms with Crippen molar-refractivity contribution in [2.45, 2.75) is 58.6 Å². The number of nitrogens with one attached hydrogen (secondary N) is 2. The Kier molecular flexibility index (Phi) is 9.24. The third kappa shape index (κ3) is 12.4. The van der Waals surface area contributed by atoms with E-state index in [1.54, 1.807) is 20.8 Å². The van der Waals surface area contributed by atoms with Gasteiger partial charge in [0.1, 0.15) is 11.6 Å². The van der Waals surface area contributed by atoms with Gasteiger partial charge in [0.15, 0.2) is 0 Å². The molecule has 0 radical (unpaired) electrons. The summed E-state index contributed by atoms with van der Waals surface area (Å²) < 4.78 is 5.08. The van der Waals surface area contributed by atoms with Crippen LogP contribution in [0.3, 0.4) is 0 Å². The summed E-state index contributed by atoms with van der Waals surface area (Å²) in [7, 11) is 0. The van der Waals surface area contributed by atoms with Crippen molar-refractivity contribution in [2.24, 2.45) is 5.92 Å². The Bertz CT molecular complexity index is 395. The van der Waals surface area contributed by atoms with E-state index in [0.29, 0.717) is 12.3 Å². The number of aliphatic carboxylic acids is 2. The van der Waals surface area contributed by atoms with Crippen molar-refractivity contribution in [3.63, 3.8) is 0 Å². The summed E-state index contributed by atoms with van der Waals surface area (Å²) >= 11 is 0. The average molecular weight is 332 g/mol. The van der Waals surface area contributed by atoms with Gasteiger partial charge < -0.3 is 25.6 Å². The van der Waals surface area contributed by atoms with Crippen molar-refractivity contribution < 1.29 is 29.3 Å². The van der Waals surface area contributed by atoms with Crippen LogP contribution in [0.2, 0.25) is 0 Å². The van der Waals surface area contributed by atoms with Crippen LogP contribution in [0.4, 0.5) is 4.79 Å². The summed E-state index contributed by atoms with van der Waals surface area (Å²) in [5.41, 5.74) is -0.623. The molecule has 1 aliphatic rings. The molecule has 0 saturated carbocycles. The van der Waals surface area contributed by atoms with E-state index in [9.17, 15) is 9.59 Å². The largest absolute Gasteiger partial charge is 0.481 e. The third-order valence-corrected chi connectivity index (χ3v) is 3.02. The maximum Gasteiger partial charge on any atom is 0.408 e. The van der Waals surface area contributed by atoms with Crippen LogP contribution in [-0.2, 0) is 14.3 Å². The van der Waals surface area contributed by atoms with Crippen molar-refractivity contribution in [3.05, 3.63) is 0 Å². The number of ether oxygens (including phenoxy) is 1. The average Bonchev–Trinajstić information content (AvgIpc) is 2.36. The molecule has 1 saturated heterocycles. The van der Waals surface area contributed by atoms with E-state index in [2.05, 4.69) is 10.6 Å². The van der Waals surface area contributed by atoms with E-state index in [4.69, 9.17) is 19.7 Å². The second-order valence-corrected chi connectivity index (χ2v) is 6.49. The lowest BCUT2D eigenvalue weighted by Crippen LogP contribution is -2.45. The standard InChI is InChI=1S/C13H24N2O4.C2H4O2/c1-13(2,3)19-12(18)15-10(11(16)17)8-9-4-6-14-7-5-9;1-2(3)4/h9-10,14H,4-8H2,1-3H3,(H,15,18)(H,16,17);1H3,(H,3,4). The van der Waals surface area contributed by atoms with Gasteiger partial charge in [0.05, 0.1) is 0 Å².